The average Bonchev–Trinajstić information content (AvgIpc) is 2.47. The van der Waals surface area contributed by atoms with E-state index in [1.807, 2.05) is 25.1 Å². The number of hydrogen-bond acceptors (Lipinski definition) is 3. The zero-order valence-corrected chi connectivity index (χ0v) is 14.1. The minimum Gasteiger partial charge on any atom is -0.493 e. The van der Waals surface area contributed by atoms with E-state index in [0.717, 1.165) is 26.3 Å². The Morgan fingerprint density at radius 3 is 2.62 bits per heavy atom. The molecule has 0 radical (unpaired) electrons. The van der Waals surface area contributed by atoms with Crippen LogP contribution < -0.4 is 14.8 Å². The Morgan fingerprint density at radius 1 is 1.14 bits per heavy atom. The molecular formula is C16H17FINO2. The van der Waals surface area contributed by atoms with Crippen LogP contribution in [0.2, 0.25) is 0 Å². The first kappa shape index (κ1) is 15.9. The monoisotopic (exact) mass is 401 g/mol. The highest BCUT2D eigenvalue weighted by molar-refractivity contribution is 14.1. The lowest BCUT2D eigenvalue weighted by atomic mass is 10.2. The minimum atomic E-state index is -0.229. The van der Waals surface area contributed by atoms with Crippen LogP contribution in [0.4, 0.5) is 10.1 Å². The van der Waals surface area contributed by atoms with Gasteiger partial charge in [-0.15, -0.1) is 0 Å². The Morgan fingerprint density at radius 2 is 1.95 bits per heavy atom. The lowest BCUT2D eigenvalue weighted by Crippen LogP contribution is -2.03. The third kappa shape index (κ3) is 4.23. The van der Waals surface area contributed by atoms with Crippen LogP contribution in [0.3, 0.4) is 0 Å². The van der Waals surface area contributed by atoms with Crippen LogP contribution >= 0.6 is 22.6 Å². The van der Waals surface area contributed by atoms with Gasteiger partial charge in [0.15, 0.2) is 11.5 Å². The van der Waals surface area contributed by atoms with Crippen molar-refractivity contribution in [3.63, 3.8) is 0 Å². The van der Waals surface area contributed by atoms with Crippen LogP contribution in [0.25, 0.3) is 0 Å². The van der Waals surface area contributed by atoms with Crippen molar-refractivity contribution in [2.45, 2.75) is 13.5 Å². The van der Waals surface area contributed by atoms with Gasteiger partial charge in [-0.1, -0.05) is 6.07 Å². The number of benzene rings is 2. The van der Waals surface area contributed by atoms with Crippen molar-refractivity contribution >= 4 is 28.3 Å². The predicted molar refractivity (Wildman–Crippen MR) is 90.6 cm³/mol. The first-order valence-corrected chi connectivity index (χ1v) is 7.70. The van der Waals surface area contributed by atoms with Crippen LogP contribution in [0.15, 0.2) is 36.4 Å². The van der Waals surface area contributed by atoms with E-state index in [2.05, 4.69) is 27.9 Å². The summed E-state index contributed by atoms with van der Waals surface area (Å²) in [6.45, 7) is 3.15. The van der Waals surface area contributed by atoms with Gasteiger partial charge in [-0.05, 0) is 65.4 Å². The molecule has 0 heterocycles. The molecule has 0 bridgehead atoms. The molecule has 21 heavy (non-hydrogen) atoms. The summed E-state index contributed by atoms with van der Waals surface area (Å²) >= 11 is 2.11. The van der Waals surface area contributed by atoms with Crippen molar-refractivity contribution in [3.05, 3.63) is 51.3 Å². The van der Waals surface area contributed by atoms with Crippen LogP contribution in [0, 0.1) is 9.39 Å². The van der Waals surface area contributed by atoms with Gasteiger partial charge in [0.05, 0.1) is 13.7 Å². The van der Waals surface area contributed by atoms with Gasteiger partial charge < -0.3 is 14.8 Å². The number of methoxy groups -OCH3 is 1. The molecule has 5 heteroatoms. The van der Waals surface area contributed by atoms with Gasteiger partial charge in [0.1, 0.15) is 5.82 Å². The second kappa shape index (κ2) is 7.49. The first-order valence-electron chi connectivity index (χ1n) is 6.62. The number of hydrogen-bond donors (Lipinski definition) is 1. The molecule has 2 rings (SSSR count). The van der Waals surface area contributed by atoms with E-state index in [-0.39, 0.29) is 5.82 Å². The smallest absolute Gasteiger partial charge is 0.161 e. The van der Waals surface area contributed by atoms with Crippen molar-refractivity contribution < 1.29 is 13.9 Å². The van der Waals surface area contributed by atoms with Crippen LogP contribution in [-0.4, -0.2) is 13.7 Å². The molecular weight excluding hydrogens is 384 g/mol. The molecule has 0 saturated carbocycles. The molecule has 0 aromatic heterocycles. The molecule has 0 aliphatic rings. The Bertz CT molecular complexity index is 619. The maximum Gasteiger partial charge on any atom is 0.161 e. The SMILES string of the molecule is CCOc1cc(CNc2ccc(F)cc2I)ccc1OC. The predicted octanol–water partition coefficient (Wildman–Crippen LogP) is 4.45. The molecule has 3 nitrogen and oxygen atoms in total. The summed E-state index contributed by atoms with van der Waals surface area (Å²) < 4.78 is 24.7. The Kier molecular flexibility index (Phi) is 5.67. The second-order valence-electron chi connectivity index (χ2n) is 4.40. The van der Waals surface area contributed by atoms with Crippen molar-refractivity contribution in [1.29, 1.82) is 0 Å². The highest BCUT2D eigenvalue weighted by Gasteiger charge is 2.06. The number of ether oxygens (including phenoxy) is 2. The van der Waals surface area contributed by atoms with E-state index >= 15 is 0 Å². The Labute approximate surface area is 137 Å². The summed E-state index contributed by atoms with van der Waals surface area (Å²) in [5, 5.41) is 3.29. The maximum absolute atomic E-state index is 13.1. The highest BCUT2D eigenvalue weighted by atomic mass is 127. The van der Waals surface area contributed by atoms with E-state index in [9.17, 15) is 4.39 Å². The van der Waals surface area contributed by atoms with Crippen molar-refractivity contribution in [3.8, 4) is 11.5 Å². The number of halogens is 2. The minimum absolute atomic E-state index is 0.229. The lowest BCUT2D eigenvalue weighted by Gasteiger charge is -2.13. The second-order valence-corrected chi connectivity index (χ2v) is 5.56. The Balaban J connectivity index is 2.10. The van der Waals surface area contributed by atoms with E-state index in [4.69, 9.17) is 9.47 Å². The number of rotatable bonds is 6. The Hall–Kier alpha value is -1.50. The number of anilines is 1. The van der Waals surface area contributed by atoms with Gasteiger partial charge in [0, 0.05) is 15.8 Å². The van der Waals surface area contributed by atoms with E-state index in [1.165, 1.54) is 12.1 Å². The summed E-state index contributed by atoms with van der Waals surface area (Å²) in [6, 6.07) is 10.5. The van der Waals surface area contributed by atoms with Gasteiger partial charge >= 0.3 is 0 Å². The first-order chi connectivity index (χ1) is 10.1. The zero-order valence-electron chi connectivity index (χ0n) is 12.0. The molecule has 112 valence electrons. The summed E-state index contributed by atoms with van der Waals surface area (Å²) in [5.74, 6) is 1.22. The molecule has 0 atom stereocenters. The van der Waals surface area contributed by atoms with E-state index in [1.54, 1.807) is 13.2 Å². The molecule has 2 aromatic carbocycles. The quantitative estimate of drug-likeness (QED) is 0.726. The molecule has 0 amide bonds. The summed E-state index contributed by atoms with van der Waals surface area (Å²) in [5.41, 5.74) is 1.98. The van der Waals surface area contributed by atoms with Gasteiger partial charge in [-0.2, -0.15) is 0 Å². The maximum atomic E-state index is 13.1. The molecule has 1 N–H and O–H groups in total. The van der Waals surface area contributed by atoms with Gasteiger partial charge in [-0.25, -0.2) is 4.39 Å². The zero-order chi connectivity index (χ0) is 15.2. The van der Waals surface area contributed by atoms with Gasteiger partial charge in [0.2, 0.25) is 0 Å². The standard InChI is InChI=1S/C16H17FINO2/c1-3-21-16-8-11(4-7-15(16)20-2)10-19-14-6-5-12(17)9-13(14)18/h4-9,19H,3,10H2,1-2H3. The summed E-state index contributed by atoms with van der Waals surface area (Å²) in [4.78, 5) is 0. The fourth-order valence-corrected chi connectivity index (χ4v) is 2.60. The van der Waals surface area contributed by atoms with Gasteiger partial charge in [0.25, 0.3) is 0 Å². The fraction of sp³-hybridized carbons (Fsp3) is 0.250. The fourth-order valence-electron chi connectivity index (χ4n) is 1.93. The van der Waals surface area contributed by atoms with Gasteiger partial charge in [-0.3, -0.25) is 0 Å². The topological polar surface area (TPSA) is 30.5 Å². The molecule has 0 aliphatic heterocycles. The highest BCUT2D eigenvalue weighted by Crippen LogP contribution is 2.28. The van der Waals surface area contributed by atoms with Crippen LogP contribution in [0.1, 0.15) is 12.5 Å². The van der Waals surface area contributed by atoms with Crippen LogP contribution in [-0.2, 0) is 6.54 Å². The molecule has 2 aromatic rings. The molecule has 0 fully saturated rings. The lowest BCUT2D eigenvalue weighted by molar-refractivity contribution is 0.310. The molecule has 0 saturated heterocycles. The largest absolute Gasteiger partial charge is 0.493 e. The number of nitrogens with one attached hydrogen (secondary N) is 1. The van der Waals surface area contributed by atoms with E-state index in [0.29, 0.717) is 13.2 Å². The normalized spacial score (nSPS) is 10.3. The van der Waals surface area contributed by atoms with Crippen molar-refractivity contribution in [2.75, 3.05) is 19.0 Å². The molecule has 0 unspecified atom stereocenters. The summed E-state index contributed by atoms with van der Waals surface area (Å²) in [6.07, 6.45) is 0. The van der Waals surface area contributed by atoms with Crippen molar-refractivity contribution in [1.82, 2.24) is 0 Å². The van der Waals surface area contributed by atoms with Crippen molar-refractivity contribution in [2.24, 2.45) is 0 Å². The third-order valence-electron chi connectivity index (χ3n) is 2.94. The average molecular weight is 401 g/mol. The summed E-state index contributed by atoms with van der Waals surface area (Å²) in [7, 11) is 1.62. The molecule has 0 spiro atoms. The molecule has 0 aliphatic carbocycles. The van der Waals surface area contributed by atoms with E-state index < -0.39 is 0 Å². The van der Waals surface area contributed by atoms with Crippen LogP contribution in [0.5, 0.6) is 11.5 Å². The third-order valence-corrected chi connectivity index (χ3v) is 3.83.